The van der Waals surface area contributed by atoms with Gasteiger partial charge in [-0.2, -0.15) is 0 Å². The van der Waals surface area contributed by atoms with Crippen molar-refractivity contribution in [2.45, 2.75) is 13.0 Å². The first kappa shape index (κ1) is 24.6. The SMILES string of the molecule is CCOc1ccccc1C(=O)NC[C@H](c1ccc(N(C)C)cc1)N1CCN(c2ccccc2)CC1. The number of hydrogen-bond acceptors (Lipinski definition) is 5. The predicted molar refractivity (Wildman–Crippen MR) is 144 cm³/mol. The second kappa shape index (κ2) is 11.8. The van der Waals surface area contributed by atoms with Crippen LogP contribution in [0, 0.1) is 0 Å². The topological polar surface area (TPSA) is 48.1 Å². The van der Waals surface area contributed by atoms with Crippen LogP contribution in [-0.4, -0.2) is 64.2 Å². The third kappa shape index (κ3) is 6.14. The molecule has 0 aromatic heterocycles. The monoisotopic (exact) mass is 472 g/mol. The summed E-state index contributed by atoms with van der Waals surface area (Å²) in [6.07, 6.45) is 0. The summed E-state index contributed by atoms with van der Waals surface area (Å²) in [5, 5.41) is 3.19. The number of amides is 1. The van der Waals surface area contributed by atoms with Gasteiger partial charge < -0.3 is 19.9 Å². The van der Waals surface area contributed by atoms with E-state index in [0.29, 0.717) is 24.5 Å². The van der Waals surface area contributed by atoms with Crippen LogP contribution in [0.15, 0.2) is 78.9 Å². The van der Waals surface area contributed by atoms with Gasteiger partial charge in [-0.15, -0.1) is 0 Å². The lowest BCUT2D eigenvalue weighted by molar-refractivity contribution is 0.0926. The summed E-state index contributed by atoms with van der Waals surface area (Å²) in [5.41, 5.74) is 4.21. The number of nitrogens with one attached hydrogen (secondary N) is 1. The number of carbonyl (C=O) groups is 1. The Morgan fingerprint density at radius 3 is 2.23 bits per heavy atom. The first-order valence-electron chi connectivity index (χ1n) is 12.4. The number of hydrogen-bond donors (Lipinski definition) is 1. The highest BCUT2D eigenvalue weighted by Gasteiger charge is 2.26. The lowest BCUT2D eigenvalue weighted by Crippen LogP contribution is -2.50. The molecule has 184 valence electrons. The molecule has 0 bridgehead atoms. The third-order valence-electron chi connectivity index (χ3n) is 6.56. The fraction of sp³-hybridized carbons (Fsp3) is 0.345. The van der Waals surface area contributed by atoms with E-state index in [9.17, 15) is 4.79 Å². The maximum absolute atomic E-state index is 13.1. The van der Waals surface area contributed by atoms with Crippen LogP contribution in [0.5, 0.6) is 5.75 Å². The van der Waals surface area contributed by atoms with Gasteiger partial charge in [-0.1, -0.05) is 42.5 Å². The highest BCUT2D eigenvalue weighted by atomic mass is 16.5. The Kier molecular flexibility index (Phi) is 8.27. The van der Waals surface area contributed by atoms with Gasteiger partial charge in [-0.3, -0.25) is 9.69 Å². The Hall–Kier alpha value is -3.51. The average Bonchev–Trinajstić information content (AvgIpc) is 2.90. The molecule has 1 aliphatic heterocycles. The Balaban J connectivity index is 1.49. The van der Waals surface area contributed by atoms with Crippen molar-refractivity contribution in [1.29, 1.82) is 0 Å². The summed E-state index contributed by atoms with van der Waals surface area (Å²) in [4.78, 5) is 20.1. The van der Waals surface area contributed by atoms with Crippen LogP contribution in [0.25, 0.3) is 0 Å². The van der Waals surface area contributed by atoms with Gasteiger partial charge in [-0.25, -0.2) is 0 Å². The van der Waals surface area contributed by atoms with Crippen molar-refractivity contribution in [2.24, 2.45) is 0 Å². The summed E-state index contributed by atoms with van der Waals surface area (Å²) >= 11 is 0. The molecule has 0 saturated carbocycles. The summed E-state index contributed by atoms with van der Waals surface area (Å²) in [6.45, 7) is 6.76. The molecule has 0 radical (unpaired) electrons. The number of carbonyl (C=O) groups excluding carboxylic acids is 1. The normalized spacial score (nSPS) is 14.9. The fourth-order valence-electron chi connectivity index (χ4n) is 4.60. The molecule has 1 fully saturated rings. The van der Waals surface area contributed by atoms with Crippen molar-refractivity contribution in [3.8, 4) is 5.75 Å². The number of piperazine rings is 1. The Morgan fingerprint density at radius 2 is 1.57 bits per heavy atom. The van der Waals surface area contributed by atoms with E-state index in [1.807, 2.05) is 45.3 Å². The standard InChI is InChI=1S/C29H36N4O2/c1-4-35-28-13-9-8-12-26(28)29(34)30-22-27(23-14-16-24(17-15-23)31(2)3)33-20-18-32(19-21-33)25-10-6-5-7-11-25/h5-17,27H,4,18-22H2,1-3H3,(H,30,34)/t27-/m1/s1. The highest BCUT2D eigenvalue weighted by Crippen LogP contribution is 2.26. The lowest BCUT2D eigenvalue weighted by atomic mass is 10.0. The fourth-order valence-corrected chi connectivity index (χ4v) is 4.60. The maximum atomic E-state index is 13.1. The van der Waals surface area contributed by atoms with Crippen LogP contribution in [0.1, 0.15) is 28.9 Å². The molecular formula is C29H36N4O2. The van der Waals surface area contributed by atoms with E-state index in [-0.39, 0.29) is 11.9 Å². The Morgan fingerprint density at radius 1 is 0.914 bits per heavy atom. The van der Waals surface area contributed by atoms with Crippen LogP contribution in [0.2, 0.25) is 0 Å². The number of anilines is 2. The molecule has 3 aromatic rings. The van der Waals surface area contributed by atoms with E-state index in [4.69, 9.17) is 4.74 Å². The molecule has 4 rings (SSSR count). The molecule has 0 unspecified atom stereocenters. The molecule has 6 heteroatoms. The lowest BCUT2D eigenvalue weighted by Gasteiger charge is -2.40. The van der Waals surface area contributed by atoms with Gasteiger partial charge >= 0.3 is 0 Å². The molecule has 0 aliphatic carbocycles. The average molecular weight is 473 g/mol. The van der Waals surface area contributed by atoms with Crippen LogP contribution in [-0.2, 0) is 0 Å². The molecule has 1 atom stereocenters. The van der Waals surface area contributed by atoms with E-state index < -0.39 is 0 Å². The number of rotatable bonds is 9. The second-order valence-electron chi connectivity index (χ2n) is 9.00. The van der Waals surface area contributed by atoms with Crippen LogP contribution >= 0.6 is 0 Å². The molecule has 1 aliphatic rings. The molecule has 1 amide bonds. The minimum Gasteiger partial charge on any atom is -0.493 e. The molecule has 6 nitrogen and oxygen atoms in total. The van der Waals surface area contributed by atoms with Crippen LogP contribution < -0.4 is 19.9 Å². The number of para-hydroxylation sites is 2. The van der Waals surface area contributed by atoms with Crippen molar-refractivity contribution < 1.29 is 9.53 Å². The Bertz CT molecular complexity index is 1080. The molecular weight excluding hydrogens is 436 g/mol. The predicted octanol–water partition coefficient (Wildman–Crippen LogP) is 4.44. The van der Waals surface area contributed by atoms with Gasteiger partial charge in [0.15, 0.2) is 0 Å². The molecule has 1 heterocycles. The van der Waals surface area contributed by atoms with Crippen molar-refractivity contribution in [2.75, 3.05) is 63.2 Å². The zero-order valence-electron chi connectivity index (χ0n) is 21.0. The zero-order chi connectivity index (χ0) is 24.6. The highest BCUT2D eigenvalue weighted by molar-refractivity contribution is 5.96. The number of ether oxygens (including phenoxy) is 1. The largest absolute Gasteiger partial charge is 0.493 e. The van der Waals surface area contributed by atoms with Crippen LogP contribution in [0.4, 0.5) is 11.4 Å². The molecule has 1 saturated heterocycles. The van der Waals surface area contributed by atoms with E-state index >= 15 is 0 Å². The second-order valence-corrected chi connectivity index (χ2v) is 9.00. The van der Waals surface area contributed by atoms with E-state index in [1.165, 1.54) is 11.3 Å². The van der Waals surface area contributed by atoms with Gasteiger partial charge in [0.25, 0.3) is 5.91 Å². The number of nitrogens with zero attached hydrogens (tertiary/aromatic N) is 3. The summed E-state index contributed by atoms with van der Waals surface area (Å²) in [7, 11) is 4.09. The van der Waals surface area contributed by atoms with Gasteiger partial charge in [0.1, 0.15) is 5.75 Å². The molecule has 35 heavy (non-hydrogen) atoms. The zero-order valence-corrected chi connectivity index (χ0v) is 21.0. The van der Waals surface area contributed by atoms with E-state index in [0.717, 1.165) is 31.9 Å². The smallest absolute Gasteiger partial charge is 0.255 e. The van der Waals surface area contributed by atoms with Gasteiger partial charge in [0.05, 0.1) is 18.2 Å². The van der Waals surface area contributed by atoms with Crippen molar-refractivity contribution in [3.05, 3.63) is 90.0 Å². The minimum absolute atomic E-state index is 0.0901. The first-order chi connectivity index (χ1) is 17.1. The first-order valence-corrected chi connectivity index (χ1v) is 12.4. The Labute approximate surface area is 209 Å². The van der Waals surface area contributed by atoms with Crippen LogP contribution in [0.3, 0.4) is 0 Å². The third-order valence-corrected chi connectivity index (χ3v) is 6.56. The molecule has 0 spiro atoms. The van der Waals surface area contributed by atoms with Crippen molar-refractivity contribution >= 4 is 17.3 Å². The van der Waals surface area contributed by atoms with Gasteiger partial charge in [0.2, 0.25) is 0 Å². The van der Waals surface area contributed by atoms with Crippen molar-refractivity contribution in [3.63, 3.8) is 0 Å². The maximum Gasteiger partial charge on any atom is 0.255 e. The van der Waals surface area contributed by atoms with Crippen molar-refractivity contribution in [1.82, 2.24) is 10.2 Å². The van der Waals surface area contributed by atoms with Gasteiger partial charge in [-0.05, 0) is 48.9 Å². The summed E-state index contributed by atoms with van der Waals surface area (Å²) in [6, 6.07) is 26.8. The molecule has 1 N–H and O–H groups in total. The molecule has 3 aromatic carbocycles. The van der Waals surface area contributed by atoms with E-state index in [1.54, 1.807) is 0 Å². The minimum atomic E-state index is -0.105. The summed E-state index contributed by atoms with van der Waals surface area (Å²) in [5.74, 6) is 0.516. The summed E-state index contributed by atoms with van der Waals surface area (Å²) < 4.78 is 5.67. The van der Waals surface area contributed by atoms with Gasteiger partial charge in [0, 0.05) is 58.2 Å². The quantitative estimate of drug-likeness (QED) is 0.499. The number of benzene rings is 3. The van der Waals surface area contributed by atoms with E-state index in [2.05, 4.69) is 74.6 Å².